The molecule has 0 unspecified atom stereocenters. The van der Waals surface area contributed by atoms with E-state index in [1.165, 1.54) is 0 Å². The van der Waals surface area contributed by atoms with Crippen molar-refractivity contribution in [2.24, 2.45) is 0 Å². The Labute approximate surface area is 103 Å². The molecule has 0 aromatic rings. The van der Waals surface area contributed by atoms with Gasteiger partial charge >= 0.3 is 68.9 Å². The molecule has 7 heavy (non-hydrogen) atoms. The Balaban J connectivity index is 0. The third kappa shape index (κ3) is 11.5. The summed E-state index contributed by atoms with van der Waals surface area (Å²) in [6, 6.07) is 0. The predicted molar refractivity (Wildman–Crippen MR) is 20.8 cm³/mol. The van der Waals surface area contributed by atoms with Gasteiger partial charge in [0.2, 0.25) is 0 Å². The SMILES string of the molecule is CC(C)(C)O[O-].[Cs+]. The van der Waals surface area contributed by atoms with Gasteiger partial charge in [-0.05, 0) is 20.8 Å². The summed E-state index contributed by atoms with van der Waals surface area (Å²) in [7, 11) is 0. The van der Waals surface area contributed by atoms with Gasteiger partial charge in [0.15, 0.2) is 0 Å². The van der Waals surface area contributed by atoms with Gasteiger partial charge in [-0.15, -0.1) is 0 Å². The molecule has 0 fully saturated rings. The summed E-state index contributed by atoms with van der Waals surface area (Å²) in [6.45, 7) is 5.12. The van der Waals surface area contributed by atoms with Crippen LogP contribution in [0.3, 0.4) is 0 Å². The summed E-state index contributed by atoms with van der Waals surface area (Å²) in [6.07, 6.45) is 0. The van der Waals surface area contributed by atoms with E-state index < -0.39 is 5.60 Å². The minimum absolute atomic E-state index is 0. The molecule has 38 valence electrons. The second kappa shape index (κ2) is 4.81. The summed E-state index contributed by atoms with van der Waals surface area (Å²) in [5.41, 5.74) is -0.514. The Morgan fingerprint density at radius 2 is 1.43 bits per heavy atom. The van der Waals surface area contributed by atoms with E-state index in [-0.39, 0.29) is 68.9 Å². The number of rotatable bonds is 0. The van der Waals surface area contributed by atoms with Gasteiger partial charge in [0, 0.05) is 5.60 Å². The average molecular weight is 222 g/mol. The third-order valence-electron chi connectivity index (χ3n) is 0.250. The summed E-state index contributed by atoms with van der Waals surface area (Å²) in [5, 5.41) is 9.45. The van der Waals surface area contributed by atoms with Gasteiger partial charge in [0.1, 0.15) is 0 Å². The predicted octanol–water partition coefficient (Wildman–Crippen LogP) is -2.92. The normalized spacial score (nSPS) is 10.3. The second-order valence-corrected chi connectivity index (χ2v) is 2.20. The van der Waals surface area contributed by atoms with E-state index in [2.05, 4.69) is 4.89 Å². The molecule has 0 bridgehead atoms. The van der Waals surface area contributed by atoms with Crippen molar-refractivity contribution >= 4 is 0 Å². The molecule has 0 amide bonds. The zero-order valence-corrected chi connectivity index (χ0v) is 11.6. The zero-order valence-electron chi connectivity index (χ0n) is 5.32. The molecule has 0 atom stereocenters. The standard InChI is InChI=1S/C4H10O2.Cs/c1-4(2,3)6-5;/h5H,1-3H3;/q;+1/p-1. The molecule has 2 nitrogen and oxygen atoms in total. The van der Waals surface area contributed by atoms with Crippen molar-refractivity contribution in [3.63, 3.8) is 0 Å². The molecule has 3 heteroatoms. The molecule has 0 N–H and O–H groups in total. The van der Waals surface area contributed by atoms with Crippen LogP contribution in [0.2, 0.25) is 0 Å². The fraction of sp³-hybridized carbons (Fsp3) is 1.00. The first kappa shape index (κ1) is 11.7. The van der Waals surface area contributed by atoms with Gasteiger partial charge in [-0.2, -0.15) is 0 Å². The third-order valence-corrected chi connectivity index (χ3v) is 0.250. The van der Waals surface area contributed by atoms with E-state index in [1.807, 2.05) is 0 Å². The molecule has 0 saturated heterocycles. The van der Waals surface area contributed by atoms with Crippen LogP contribution < -0.4 is 74.2 Å². The molecule has 0 aromatic carbocycles. The van der Waals surface area contributed by atoms with Crippen LogP contribution >= 0.6 is 0 Å². The van der Waals surface area contributed by atoms with Crippen LogP contribution in [0.1, 0.15) is 20.8 Å². The van der Waals surface area contributed by atoms with Crippen molar-refractivity contribution in [3.05, 3.63) is 0 Å². The Kier molecular flexibility index (Phi) is 8.07. The first-order chi connectivity index (χ1) is 2.56. The maximum atomic E-state index is 9.45. The molecule has 0 heterocycles. The van der Waals surface area contributed by atoms with Gasteiger partial charge in [-0.25, -0.2) is 0 Å². The van der Waals surface area contributed by atoms with Crippen molar-refractivity contribution in [1.82, 2.24) is 0 Å². The molecule has 0 radical (unpaired) electrons. The molecule has 0 aliphatic rings. The Morgan fingerprint density at radius 1 is 1.29 bits per heavy atom. The quantitative estimate of drug-likeness (QED) is 0.325. The van der Waals surface area contributed by atoms with Crippen LogP contribution in [0.4, 0.5) is 0 Å². The second-order valence-electron chi connectivity index (χ2n) is 2.20. The molecule has 0 aliphatic heterocycles. The molecule has 0 aliphatic carbocycles. The van der Waals surface area contributed by atoms with E-state index in [4.69, 9.17) is 0 Å². The van der Waals surface area contributed by atoms with Crippen LogP contribution in [-0.2, 0) is 4.89 Å². The maximum Gasteiger partial charge on any atom is 1.00 e. The molecule has 0 aromatic heterocycles. The van der Waals surface area contributed by atoms with Crippen molar-refractivity contribution in [2.45, 2.75) is 26.4 Å². The molecule has 0 rings (SSSR count). The van der Waals surface area contributed by atoms with Gasteiger partial charge in [0.25, 0.3) is 0 Å². The van der Waals surface area contributed by atoms with E-state index in [0.29, 0.717) is 0 Å². The average Bonchev–Trinajstić information content (AvgIpc) is 1.35. The molecule has 0 spiro atoms. The topological polar surface area (TPSA) is 32.3 Å². The van der Waals surface area contributed by atoms with Crippen LogP contribution in [0, 0.1) is 0 Å². The van der Waals surface area contributed by atoms with Crippen molar-refractivity contribution in [3.8, 4) is 0 Å². The fourth-order valence-electron chi connectivity index (χ4n) is 0. The van der Waals surface area contributed by atoms with E-state index >= 15 is 0 Å². The van der Waals surface area contributed by atoms with Crippen molar-refractivity contribution in [2.75, 3.05) is 0 Å². The van der Waals surface area contributed by atoms with Crippen LogP contribution in [0.25, 0.3) is 0 Å². The van der Waals surface area contributed by atoms with Crippen LogP contribution in [0.15, 0.2) is 0 Å². The minimum atomic E-state index is -0.514. The van der Waals surface area contributed by atoms with Crippen LogP contribution in [-0.4, -0.2) is 5.60 Å². The maximum absolute atomic E-state index is 9.45. The van der Waals surface area contributed by atoms with Crippen LogP contribution in [0.5, 0.6) is 0 Å². The summed E-state index contributed by atoms with van der Waals surface area (Å²) < 4.78 is 0. The first-order valence-corrected chi connectivity index (χ1v) is 1.87. The Morgan fingerprint density at radius 3 is 1.43 bits per heavy atom. The van der Waals surface area contributed by atoms with Gasteiger partial charge in [0.05, 0.1) is 0 Å². The molecule has 0 saturated carbocycles. The van der Waals surface area contributed by atoms with Gasteiger partial charge < -0.3 is 10.1 Å². The Hall–Kier alpha value is 1.97. The smallest absolute Gasteiger partial charge is 0.723 e. The van der Waals surface area contributed by atoms with Gasteiger partial charge in [-0.3, -0.25) is 0 Å². The van der Waals surface area contributed by atoms with E-state index in [0.717, 1.165) is 0 Å². The number of hydrogen-bond donors (Lipinski definition) is 0. The fourth-order valence-corrected chi connectivity index (χ4v) is 0. The monoisotopic (exact) mass is 222 g/mol. The van der Waals surface area contributed by atoms with E-state index in [1.54, 1.807) is 20.8 Å². The van der Waals surface area contributed by atoms with E-state index in [9.17, 15) is 5.26 Å². The summed E-state index contributed by atoms with van der Waals surface area (Å²) in [5.74, 6) is 0. The molecular weight excluding hydrogens is 213 g/mol. The first-order valence-electron chi connectivity index (χ1n) is 1.87. The summed E-state index contributed by atoms with van der Waals surface area (Å²) >= 11 is 0. The largest absolute Gasteiger partial charge is 1.00 e. The van der Waals surface area contributed by atoms with Gasteiger partial charge in [-0.1, -0.05) is 0 Å². The molecular formula is C4H9CsO2. The minimum Gasteiger partial charge on any atom is -0.723 e. The van der Waals surface area contributed by atoms with Crippen molar-refractivity contribution < 1.29 is 79.0 Å². The zero-order chi connectivity index (χ0) is 5.21. The number of hydrogen-bond acceptors (Lipinski definition) is 2. The van der Waals surface area contributed by atoms with Crippen molar-refractivity contribution in [1.29, 1.82) is 0 Å². The Bertz CT molecular complexity index is 39.4. The summed E-state index contributed by atoms with van der Waals surface area (Å²) in [4.78, 5) is 3.69.